The van der Waals surface area contributed by atoms with Crippen LogP contribution in [0.4, 0.5) is 4.39 Å². The SMILES string of the molecule is CCN(CCc1c[nH]c2cc(F)cc(O)c12)Cc1ccccc1. The van der Waals surface area contributed by atoms with E-state index in [0.29, 0.717) is 5.52 Å². The monoisotopic (exact) mass is 312 g/mol. The first-order chi connectivity index (χ1) is 11.2. The molecule has 0 saturated carbocycles. The Morgan fingerprint density at radius 1 is 1.17 bits per heavy atom. The van der Waals surface area contributed by atoms with Gasteiger partial charge in [-0.15, -0.1) is 0 Å². The highest BCUT2D eigenvalue weighted by Crippen LogP contribution is 2.29. The Morgan fingerprint density at radius 3 is 2.70 bits per heavy atom. The molecule has 120 valence electrons. The highest BCUT2D eigenvalue weighted by atomic mass is 19.1. The van der Waals surface area contributed by atoms with Gasteiger partial charge >= 0.3 is 0 Å². The highest BCUT2D eigenvalue weighted by molar-refractivity contribution is 5.89. The van der Waals surface area contributed by atoms with Crippen LogP contribution in [-0.4, -0.2) is 28.1 Å². The highest BCUT2D eigenvalue weighted by Gasteiger charge is 2.12. The van der Waals surface area contributed by atoms with E-state index < -0.39 is 5.82 Å². The molecule has 0 atom stereocenters. The van der Waals surface area contributed by atoms with Crippen LogP contribution in [0, 0.1) is 5.82 Å². The van der Waals surface area contributed by atoms with Gasteiger partial charge in [-0.2, -0.15) is 0 Å². The number of likely N-dealkylation sites (N-methyl/N-ethyl adjacent to an activating group) is 1. The second kappa shape index (κ2) is 6.84. The maximum atomic E-state index is 13.3. The van der Waals surface area contributed by atoms with Crippen molar-refractivity contribution in [3.63, 3.8) is 0 Å². The zero-order valence-corrected chi connectivity index (χ0v) is 13.2. The number of aromatic hydroxyl groups is 1. The summed E-state index contributed by atoms with van der Waals surface area (Å²) in [6, 6.07) is 13.0. The van der Waals surface area contributed by atoms with Crippen molar-refractivity contribution < 1.29 is 9.50 Å². The molecule has 0 saturated heterocycles. The van der Waals surface area contributed by atoms with Gasteiger partial charge in [-0.1, -0.05) is 37.3 Å². The van der Waals surface area contributed by atoms with Crippen molar-refractivity contribution in [1.29, 1.82) is 0 Å². The molecule has 0 aliphatic rings. The molecule has 1 aromatic heterocycles. The Hall–Kier alpha value is -2.33. The van der Waals surface area contributed by atoms with Gasteiger partial charge in [-0.3, -0.25) is 4.90 Å². The number of hydrogen-bond donors (Lipinski definition) is 2. The molecule has 3 aromatic rings. The number of H-pyrrole nitrogens is 1. The minimum absolute atomic E-state index is 0.00218. The third kappa shape index (κ3) is 3.54. The normalized spacial score (nSPS) is 11.4. The van der Waals surface area contributed by atoms with E-state index in [1.807, 2.05) is 12.3 Å². The van der Waals surface area contributed by atoms with Crippen molar-refractivity contribution >= 4 is 10.9 Å². The lowest BCUT2D eigenvalue weighted by Crippen LogP contribution is -2.25. The fourth-order valence-corrected chi connectivity index (χ4v) is 2.95. The number of aromatic amines is 1. The van der Waals surface area contributed by atoms with Crippen molar-refractivity contribution in [3.05, 3.63) is 65.6 Å². The fourth-order valence-electron chi connectivity index (χ4n) is 2.95. The minimum atomic E-state index is -0.428. The molecule has 2 aromatic carbocycles. The summed E-state index contributed by atoms with van der Waals surface area (Å²) in [5, 5.41) is 10.7. The predicted octanol–water partition coefficient (Wildman–Crippen LogP) is 4.08. The molecular weight excluding hydrogens is 291 g/mol. The Morgan fingerprint density at radius 2 is 1.96 bits per heavy atom. The van der Waals surface area contributed by atoms with Crippen molar-refractivity contribution in [1.82, 2.24) is 9.88 Å². The number of phenolic OH excluding ortho intramolecular Hbond substituents is 1. The van der Waals surface area contributed by atoms with Crippen molar-refractivity contribution in [2.45, 2.75) is 19.9 Å². The summed E-state index contributed by atoms with van der Waals surface area (Å²) in [5.74, 6) is -0.426. The van der Waals surface area contributed by atoms with Gasteiger partial charge in [0.05, 0.1) is 5.52 Å². The van der Waals surface area contributed by atoms with E-state index in [4.69, 9.17) is 0 Å². The Balaban J connectivity index is 1.72. The summed E-state index contributed by atoms with van der Waals surface area (Å²) < 4.78 is 13.3. The summed E-state index contributed by atoms with van der Waals surface area (Å²) in [6.07, 6.45) is 2.67. The van der Waals surface area contributed by atoms with E-state index in [1.165, 1.54) is 17.7 Å². The van der Waals surface area contributed by atoms with Crippen molar-refractivity contribution in [2.75, 3.05) is 13.1 Å². The first-order valence-electron chi connectivity index (χ1n) is 7.92. The molecule has 0 radical (unpaired) electrons. The average molecular weight is 312 g/mol. The summed E-state index contributed by atoms with van der Waals surface area (Å²) in [5.41, 5.74) is 2.95. The number of rotatable bonds is 6. The number of nitrogens with zero attached hydrogens (tertiary/aromatic N) is 1. The van der Waals surface area contributed by atoms with Crippen LogP contribution >= 0.6 is 0 Å². The Kier molecular flexibility index (Phi) is 4.63. The lowest BCUT2D eigenvalue weighted by atomic mass is 10.1. The van der Waals surface area contributed by atoms with Crippen LogP contribution in [0.1, 0.15) is 18.1 Å². The molecular formula is C19H21FN2O. The van der Waals surface area contributed by atoms with Crippen LogP contribution in [0.2, 0.25) is 0 Å². The zero-order chi connectivity index (χ0) is 16.2. The minimum Gasteiger partial charge on any atom is -0.507 e. The standard InChI is InChI=1S/C19H21FN2O/c1-2-22(13-14-6-4-3-5-7-14)9-8-15-12-21-17-10-16(20)11-18(23)19(15)17/h3-7,10-12,21,23H,2,8-9,13H2,1H3. The van der Waals surface area contributed by atoms with Gasteiger partial charge in [-0.05, 0) is 30.2 Å². The fraction of sp³-hybridized carbons (Fsp3) is 0.263. The van der Waals surface area contributed by atoms with Gasteiger partial charge in [0.1, 0.15) is 11.6 Å². The lowest BCUT2D eigenvalue weighted by Gasteiger charge is -2.20. The number of phenols is 1. The molecule has 0 aliphatic heterocycles. The lowest BCUT2D eigenvalue weighted by molar-refractivity contribution is 0.284. The second-order valence-corrected chi connectivity index (χ2v) is 5.77. The molecule has 3 rings (SSSR count). The van der Waals surface area contributed by atoms with Crippen LogP contribution in [0.25, 0.3) is 10.9 Å². The molecule has 0 fully saturated rings. The van der Waals surface area contributed by atoms with E-state index in [-0.39, 0.29) is 5.75 Å². The molecule has 0 unspecified atom stereocenters. The smallest absolute Gasteiger partial charge is 0.129 e. The van der Waals surface area contributed by atoms with Crippen molar-refractivity contribution in [2.24, 2.45) is 0 Å². The van der Waals surface area contributed by atoms with Gasteiger partial charge in [0.2, 0.25) is 0 Å². The number of nitrogens with one attached hydrogen (secondary N) is 1. The zero-order valence-electron chi connectivity index (χ0n) is 13.2. The van der Waals surface area contributed by atoms with Gasteiger partial charge < -0.3 is 10.1 Å². The average Bonchev–Trinajstić information content (AvgIpc) is 2.95. The maximum Gasteiger partial charge on any atom is 0.129 e. The predicted molar refractivity (Wildman–Crippen MR) is 91.0 cm³/mol. The summed E-state index contributed by atoms with van der Waals surface area (Å²) in [7, 11) is 0. The quantitative estimate of drug-likeness (QED) is 0.720. The van der Waals surface area contributed by atoms with E-state index >= 15 is 0 Å². The topological polar surface area (TPSA) is 39.3 Å². The summed E-state index contributed by atoms with van der Waals surface area (Å²) in [6.45, 7) is 4.89. The van der Waals surface area contributed by atoms with Crippen LogP contribution in [0.5, 0.6) is 5.75 Å². The van der Waals surface area contributed by atoms with Crippen LogP contribution in [0.15, 0.2) is 48.7 Å². The molecule has 0 amide bonds. The number of halogens is 1. The van der Waals surface area contributed by atoms with Crippen molar-refractivity contribution in [3.8, 4) is 5.75 Å². The third-order valence-electron chi connectivity index (χ3n) is 4.20. The van der Waals surface area contributed by atoms with Gasteiger partial charge in [0.25, 0.3) is 0 Å². The van der Waals surface area contributed by atoms with E-state index in [1.54, 1.807) is 0 Å². The molecule has 1 heterocycles. The number of benzene rings is 2. The number of fused-ring (bicyclic) bond motifs is 1. The summed E-state index contributed by atoms with van der Waals surface area (Å²) in [4.78, 5) is 5.40. The largest absolute Gasteiger partial charge is 0.507 e. The number of hydrogen-bond acceptors (Lipinski definition) is 2. The molecule has 23 heavy (non-hydrogen) atoms. The van der Waals surface area contributed by atoms with E-state index in [2.05, 4.69) is 41.1 Å². The second-order valence-electron chi connectivity index (χ2n) is 5.77. The Bertz CT molecular complexity index is 783. The molecule has 0 bridgehead atoms. The van der Waals surface area contributed by atoms with Crippen LogP contribution < -0.4 is 0 Å². The molecule has 0 aliphatic carbocycles. The van der Waals surface area contributed by atoms with E-state index in [0.717, 1.165) is 37.0 Å². The Labute approximate surface area is 135 Å². The third-order valence-corrected chi connectivity index (χ3v) is 4.20. The molecule has 2 N–H and O–H groups in total. The van der Waals surface area contributed by atoms with E-state index in [9.17, 15) is 9.50 Å². The first-order valence-corrected chi connectivity index (χ1v) is 7.92. The first kappa shape index (κ1) is 15.6. The summed E-state index contributed by atoms with van der Waals surface area (Å²) >= 11 is 0. The number of aromatic nitrogens is 1. The van der Waals surface area contributed by atoms with Crippen LogP contribution in [0.3, 0.4) is 0 Å². The molecule has 0 spiro atoms. The van der Waals surface area contributed by atoms with Gasteiger partial charge in [-0.25, -0.2) is 4.39 Å². The molecule has 3 nitrogen and oxygen atoms in total. The maximum absolute atomic E-state index is 13.3. The van der Waals surface area contributed by atoms with Crippen LogP contribution in [-0.2, 0) is 13.0 Å². The molecule has 4 heteroatoms. The van der Waals surface area contributed by atoms with Gasteiger partial charge in [0, 0.05) is 30.7 Å². The van der Waals surface area contributed by atoms with Gasteiger partial charge in [0.15, 0.2) is 0 Å².